The Morgan fingerprint density at radius 1 is 1.21 bits per heavy atom. The molecule has 1 heterocycles. The molecule has 0 saturated heterocycles. The lowest BCUT2D eigenvalue weighted by Crippen LogP contribution is -2.15. The highest BCUT2D eigenvalue weighted by atomic mass is 15.1. The van der Waals surface area contributed by atoms with E-state index in [9.17, 15) is 0 Å². The highest BCUT2D eigenvalue weighted by molar-refractivity contribution is 5.23. The van der Waals surface area contributed by atoms with Gasteiger partial charge in [0.05, 0.1) is 0 Å². The monoisotopic (exact) mass is 255 g/mol. The molecule has 0 aliphatic heterocycles. The standard InChI is InChI=1S/C16H21N3/c1-2-16-17-9-10-19(16)12-14-5-3-13(4-6-14)11-18-15-7-8-15/h3-6,9-10,15,18H,2,7-8,11-12H2,1H3. The first-order valence-electron chi connectivity index (χ1n) is 7.16. The van der Waals surface area contributed by atoms with Crippen molar-refractivity contribution >= 4 is 0 Å². The van der Waals surface area contributed by atoms with Crippen molar-refractivity contribution in [2.45, 2.75) is 45.3 Å². The van der Waals surface area contributed by atoms with Gasteiger partial charge in [-0.25, -0.2) is 4.98 Å². The third-order valence-corrected chi connectivity index (χ3v) is 3.67. The average molecular weight is 255 g/mol. The predicted molar refractivity (Wildman–Crippen MR) is 77.0 cm³/mol. The molecule has 0 spiro atoms. The molecular formula is C16H21N3. The summed E-state index contributed by atoms with van der Waals surface area (Å²) in [7, 11) is 0. The molecule has 0 amide bonds. The van der Waals surface area contributed by atoms with Crippen molar-refractivity contribution in [2.75, 3.05) is 0 Å². The minimum absolute atomic E-state index is 0.776. The maximum Gasteiger partial charge on any atom is 0.108 e. The number of aryl methyl sites for hydroxylation is 1. The largest absolute Gasteiger partial charge is 0.331 e. The first-order valence-corrected chi connectivity index (χ1v) is 7.16. The minimum atomic E-state index is 0.776. The second kappa shape index (κ2) is 5.57. The van der Waals surface area contributed by atoms with Crippen LogP contribution in [0.5, 0.6) is 0 Å². The fraction of sp³-hybridized carbons (Fsp3) is 0.438. The third kappa shape index (κ3) is 3.24. The van der Waals surface area contributed by atoms with E-state index < -0.39 is 0 Å². The van der Waals surface area contributed by atoms with Crippen LogP contribution in [-0.2, 0) is 19.5 Å². The Morgan fingerprint density at radius 3 is 2.63 bits per heavy atom. The highest BCUT2D eigenvalue weighted by Crippen LogP contribution is 2.19. The van der Waals surface area contributed by atoms with Crippen LogP contribution >= 0.6 is 0 Å². The van der Waals surface area contributed by atoms with Crippen molar-refractivity contribution in [2.24, 2.45) is 0 Å². The first-order chi connectivity index (χ1) is 9.35. The first kappa shape index (κ1) is 12.4. The normalized spacial score (nSPS) is 14.8. The van der Waals surface area contributed by atoms with Crippen LogP contribution in [-0.4, -0.2) is 15.6 Å². The van der Waals surface area contributed by atoms with Crippen LogP contribution in [0.2, 0.25) is 0 Å². The number of hydrogen-bond acceptors (Lipinski definition) is 2. The van der Waals surface area contributed by atoms with Crippen LogP contribution in [0.3, 0.4) is 0 Å². The van der Waals surface area contributed by atoms with Crippen molar-refractivity contribution in [1.82, 2.24) is 14.9 Å². The third-order valence-electron chi connectivity index (χ3n) is 3.67. The van der Waals surface area contributed by atoms with Crippen LogP contribution < -0.4 is 5.32 Å². The summed E-state index contributed by atoms with van der Waals surface area (Å²) in [5, 5.41) is 3.54. The number of nitrogens with zero attached hydrogens (tertiary/aromatic N) is 2. The van der Waals surface area contributed by atoms with Gasteiger partial charge < -0.3 is 9.88 Å². The quantitative estimate of drug-likeness (QED) is 0.860. The fourth-order valence-corrected chi connectivity index (χ4v) is 2.31. The van der Waals surface area contributed by atoms with Gasteiger partial charge in [0, 0.05) is 37.9 Å². The van der Waals surface area contributed by atoms with E-state index in [-0.39, 0.29) is 0 Å². The van der Waals surface area contributed by atoms with E-state index in [1.807, 2.05) is 6.20 Å². The zero-order valence-electron chi connectivity index (χ0n) is 11.5. The van der Waals surface area contributed by atoms with Gasteiger partial charge in [0.25, 0.3) is 0 Å². The zero-order chi connectivity index (χ0) is 13.1. The molecule has 2 aromatic rings. The molecule has 3 rings (SSSR count). The molecule has 1 aromatic carbocycles. The summed E-state index contributed by atoms with van der Waals surface area (Å²) in [5.41, 5.74) is 2.71. The van der Waals surface area contributed by atoms with Crippen molar-refractivity contribution in [1.29, 1.82) is 0 Å². The SMILES string of the molecule is CCc1nccn1Cc1ccc(CNC2CC2)cc1. The lowest BCUT2D eigenvalue weighted by atomic mass is 10.1. The van der Waals surface area contributed by atoms with Crippen LogP contribution in [0, 0.1) is 0 Å². The lowest BCUT2D eigenvalue weighted by molar-refractivity contribution is 0.686. The molecule has 0 unspecified atom stereocenters. The van der Waals surface area contributed by atoms with Gasteiger partial charge in [-0.3, -0.25) is 0 Å². The summed E-state index contributed by atoms with van der Waals surface area (Å²) in [4.78, 5) is 4.36. The van der Waals surface area contributed by atoms with E-state index in [1.165, 1.54) is 24.0 Å². The fourth-order valence-electron chi connectivity index (χ4n) is 2.31. The molecule has 0 radical (unpaired) electrons. The van der Waals surface area contributed by atoms with E-state index in [4.69, 9.17) is 0 Å². The number of benzene rings is 1. The smallest absolute Gasteiger partial charge is 0.108 e. The molecule has 3 heteroatoms. The molecule has 1 N–H and O–H groups in total. The van der Waals surface area contributed by atoms with Crippen molar-refractivity contribution in [3.63, 3.8) is 0 Å². The zero-order valence-corrected chi connectivity index (χ0v) is 11.5. The second-order valence-corrected chi connectivity index (χ2v) is 5.30. The van der Waals surface area contributed by atoms with Gasteiger partial charge in [0.1, 0.15) is 5.82 Å². The summed E-state index contributed by atoms with van der Waals surface area (Å²) < 4.78 is 2.22. The van der Waals surface area contributed by atoms with E-state index in [0.29, 0.717) is 0 Å². The summed E-state index contributed by atoms with van der Waals surface area (Å²) in [6, 6.07) is 9.69. The van der Waals surface area contributed by atoms with Crippen molar-refractivity contribution in [3.8, 4) is 0 Å². The molecule has 1 aromatic heterocycles. The number of hydrogen-bond donors (Lipinski definition) is 1. The molecule has 1 aliphatic carbocycles. The van der Waals surface area contributed by atoms with E-state index in [2.05, 4.69) is 52.3 Å². The van der Waals surface area contributed by atoms with Gasteiger partial charge >= 0.3 is 0 Å². The minimum Gasteiger partial charge on any atom is -0.331 e. The summed E-state index contributed by atoms with van der Waals surface area (Å²) >= 11 is 0. The molecule has 19 heavy (non-hydrogen) atoms. The summed E-state index contributed by atoms with van der Waals surface area (Å²) in [6.07, 6.45) is 7.61. The molecule has 100 valence electrons. The number of aromatic nitrogens is 2. The Labute approximate surface area is 114 Å². The molecule has 0 atom stereocenters. The maximum atomic E-state index is 4.36. The molecular weight excluding hydrogens is 234 g/mol. The highest BCUT2D eigenvalue weighted by Gasteiger charge is 2.19. The van der Waals surface area contributed by atoms with Gasteiger partial charge in [-0.2, -0.15) is 0 Å². The van der Waals surface area contributed by atoms with Crippen LogP contribution in [0.15, 0.2) is 36.7 Å². The van der Waals surface area contributed by atoms with E-state index >= 15 is 0 Å². The van der Waals surface area contributed by atoms with Crippen LogP contribution in [0.4, 0.5) is 0 Å². The molecule has 1 fully saturated rings. The molecule has 3 nitrogen and oxygen atoms in total. The summed E-state index contributed by atoms with van der Waals surface area (Å²) in [6.45, 7) is 4.06. The Kier molecular flexibility index (Phi) is 3.65. The Balaban J connectivity index is 1.61. The van der Waals surface area contributed by atoms with Crippen molar-refractivity contribution in [3.05, 3.63) is 53.6 Å². The predicted octanol–water partition coefficient (Wildman–Crippen LogP) is 2.75. The Bertz CT molecular complexity index is 523. The van der Waals surface area contributed by atoms with Gasteiger partial charge in [-0.1, -0.05) is 31.2 Å². The summed E-state index contributed by atoms with van der Waals surface area (Å²) in [5.74, 6) is 1.15. The molecule has 1 saturated carbocycles. The molecule has 0 bridgehead atoms. The van der Waals surface area contributed by atoms with Crippen LogP contribution in [0.25, 0.3) is 0 Å². The topological polar surface area (TPSA) is 29.9 Å². The maximum absolute atomic E-state index is 4.36. The van der Waals surface area contributed by atoms with Gasteiger partial charge in [0.15, 0.2) is 0 Å². The van der Waals surface area contributed by atoms with Gasteiger partial charge in [-0.05, 0) is 24.0 Å². The Hall–Kier alpha value is -1.61. The van der Waals surface area contributed by atoms with E-state index in [0.717, 1.165) is 31.4 Å². The number of rotatable bonds is 6. The number of nitrogens with one attached hydrogen (secondary N) is 1. The van der Waals surface area contributed by atoms with Crippen LogP contribution in [0.1, 0.15) is 36.7 Å². The van der Waals surface area contributed by atoms with Gasteiger partial charge in [-0.15, -0.1) is 0 Å². The van der Waals surface area contributed by atoms with Crippen molar-refractivity contribution < 1.29 is 0 Å². The van der Waals surface area contributed by atoms with Gasteiger partial charge in [0.2, 0.25) is 0 Å². The number of imidazole rings is 1. The second-order valence-electron chi connectivity index (χ2n) is 5.30. The lowest BCUT2D eigenvalue weighted by Gasteiger charge is -2.08. The Morgan fingerprint density at radius 2 is 1.95 bits per heavy atom. The molecule has 1 aliphatic rings. The van der Waals surface area contributed by atoms with E-state index in [1.54, 1.807) is 0 Å². The average Bonchev–Trinajstić information content (AvgIpc) is 3.17.